The molecule has 0 atom stereocenters. The summed E-state index contributed by atoms with van der Waals surface area (Å²) in [6, 6.07) is 3.94. The predicted octanol–water partition coefficient (Wildman–Crippen LogP) is 2.56. The number of hydrogen-bond donors (Lipinski definition) is 0. The van der Waals surface area contributed by atoms with E-state index in [0.717, 1.165) is 4.88 Å². The summed E-state index contributed by atoms with van der Waals surface area (Å²) in [6.07, 6.45) is 1.41. The lowest BCUT2D eigenvalue weighted by atomic mass is 9.80. The Morgan fingerprint density at radius 3 is 2.71 bits per heavy atom. The fraction of sp³-hybridized carbons (Fsp3) is 0.500. The molecule has 1 saturated heterocycles. The Morgan fingerprint density at radius 2 is 2.21 bits per heavy atom. The normalized spacial score (nSPS) is 20.6. The van der Waals surface area contributed by atoms with Gasteiger partial charge < -0.3 is 4.74 Å². The Balaban J connectivity index is 2.35. The maximum absolute atomic E-state index is 11.5. The van der Waals surface area contributed by atoms with Gasteiger partial charge in [0.15, 0.2) is 0 Å². The van der Waals surface area contributed by atoms with Gasteiger partial charge in [0.05, 0.1) is 5.41 Å². The molecule has 4 heteroatoms. The van der Waals surface area contributed by atoms with Crippen LogP contribution in [-0.2, 0) is 14.9 Å². The first-order chi connectivity index (χ1) is 6.76. The van der Waals surface area contributed by atoms with Crippen LogP contribution < -0.4 is 0 Å². The highest BCUT2D eigenvalue weighted by Crippen LogP contribution is 2.39. The minimum absolute atomic E-state index is 0.247. The summed E-state index contributed by atoms with van der Waals surface area (Å²) in [5, 5.41) is 1.73. The molecule has 0 bridgehead atoms. The molecular formula is C10H11ClO2S. The Labute approximate surface area is 91.8 Å². The first kappa shape index (κ1) is 10.1. The average Bonchev–Trinajstić information content (AvgIpc) is 2.72. The first-order valence-corrected chi connectivity index (χ1v) is 5.83. The SMILES string of the molecule is O=C(Cl)C1(c2cccs2)CCOCC1. The van der Waals surface area contributed by atoms with E-state index >= 15 is 0 Å². The lowest BCUT2D eigenvalue weighted by Crippen LogP contribution is -2.38. The number of rotatable bonds is 2. The zero-order valence-electron chi connectivity index (χ0n) is 7.66. The fourth-order valence-electron chi connectivity index (χ4n) is 1.81. The maximum atomic E-state index is 11.5. The summed E-state index contributed by atoms with van der Waals surface area (Å²) >= 11 is 7.31. The van der Waals surface area contributed by atoms with E-state index in [1.165, 1.54) is 0 Å². The molecular weight excluding hydrogens is 220 g/mol. The average molecular weight is 231 g/mol. The van der Waals surface area contributed by atoms with Crippen molar-refractivity contribution in [1.82, 2.24) is 0 Å². The van der Waals surface area contributed by atoms with E-state index in [1.54, 1.807) is 11.3 Å². The van der Waals surface area contributed by atoms with Crippen molar-refractivity contribution in [2.75, 3.05) is 13.2 Å². The van der Waals surface area contributed by atoms with Gasteiger partial charge in [0.1, 0.15) is 0 Å². The molecule has 76 valence electrons. The van der Waals surface area contributed by atoms with Crippen LogP contribution in [0.1, 0.15) is 17.7 Å². The smallest absolute Gasteiger partial charge is 0.233 e. The van der Waals surface area contributed by atoms with Crippen molar-refractivity contribution in [3.05, 3.63) is 22.4 Å². The van der Waals surface area contributed by atoms with Gasteiger partial charge in [0.25, 0.3) is 0 Å². The van der Waals surface area contributed by atoms with Gasteiger partial charge in [-0.15, -0.1) is 11.3 Å². The van der Waals surface area contributed by atoms with Crippen LogP contribution in [0.5, 0.6) is 0 Å². The van der Waals surface area contributed by atoms with Gasteiger partial charge in [-0.1, -0.05) is 6.07 Å². The lowest BCUT2D eigenvalue weighted by Gasteiger charge is -2.32. The first-order valence-electron chi connectivity index (χ1n) is 4.57. The third-order valence-electron chi connectivity index (χ3n) is 2.72. The quantitative estimate of drug-likeness (QED) is 0.730. The minimum Gasteiger partial charge on any atom is -0.381 e. The standard InChI is InChI=1S/C10H11ClO2S/c11-9(12)10(3-5-13-6-4-10)8-2-1-7-14-8/h1-2,7H,3-6H2. The van der Waals surface area contributed by atoms with Crippen molar-refractivity contribution in [3.8, 4) is 0 Å². The van der Waals surface area contributed by atoms with E-state index in [1.807, 2.05) is 17.5 Å². The van der Waals surface area contributed by atoms with Gasteiger partial charge in [-0.3, -0.25) is 4.79 Å². The molecule has 14 heavy (non-hydrogen) atoms. The molecule has 1 fully saturated rings. The van der Waals surface area contributed by atoms with E-state index in [0.29, 0.717) is 26.1 Å². The van der Waals surface area contributed by atoms with Crippen molar-refractivity contribution in [1.29, 1.82) is 0 Å². The van der Waals surface area contributed by atoms with Crippen LogP contribution in [0.4, 0.5) is 0 Å². The maximum Gasteiger partial charge on any atom is 0.233 e. The van der Waals surface area contributed by atoms with Gasteiger partial charge in [-0.05, 0) is 35.9 Å². The Kier molecular flexibility index (Phi) is 2.91. The number of carbonyl (C=O) groups excluding carboxylic acids is 1. The van der Waals surface area contributed by atoms with Crippen LogP contribution >= 0.6 is 22.9 Å². The molecule has 2 heterocycles. The zero-order chi connectivity index (χ0) is 10.0. The van der Waals surface area contributed by atoms with Gasteiger partial charge in [-0.25, -0.2) is 0 Å². The van der Waals surface area contributed by atoms with E-state index in [4.69, 9.17) is 16.3 Å². The van der Waals surface area contributed by atoms with Crippen molar-refractivity contribution in [2.24, 2.45) is 0 Å². The van der Waals surface area contributed by atoms with Crippen molar-refractivity contribution >= 4 is 28.2 Å². The van der Waals surface area contributed by atoms with Crippen molar-refractivity contribution in [3.63, 3.8) is 0 Å². The third kappa shape index (κ3) is 1.60. The number of hydrogen-bond acceptors (Lipinski definition) is 3. The highest BCUT2D eigenvalue weighted by atomic mass is 35.5. The van der Waals surface area contributed by atoms with Crippen LogP contribution in [0.25, 0.3) is 0 Å². The van der Waals surface area contributed by atoms with Crippen LogP contribution in [0.15, 0.2) is 17.5 Å². The summed E-state index contributed by atoms with van der Waals surface area (Å²) in [7, 11) is 0. The molecule has 0 N–H and O–H groups in total. The molecule has 0 aliphatic carbocycles. The number of thiophene rings is 1. The second-order valence-corrected chi connectivity index (χ2v) is 4.74. The van der Waals surface area contributed by atoms with Crippen LogP contribution in [0.3, 0.4) is 0 Å². The summed E-state index contributed by atoms with van der Waals surface area (Å²) in [4.78, 5) is 12.6. The second-order valence-electron chi connectivity index (χ2n) is 3.45. The summed E-state index contributed by atoms with van der Waals surface area (Å²) < 4.78 is 5.27. The van der Waals surface area contributed by atoms with E-state index in [9.17, 15) is 4.79 Å². The summed E-state index contributed by atoms with van der Waals surface area (Å²) in [5.41, 5.74) is -0.478. The summed E-state index contributed by atoms with van der Waals surface area (Å²) in [6.45, 7) is 1.24. The molecule has 0 aromatic carbocycles. The predicted molar refractivity (Wildman–Crippen MR) is 56.9 cm³/mol. The van der Waals surface area contributed by atoms with E-state index < -0.39 is 5.41 Å². The number of carbonyl (C=O) groups is 1. The molecule has 1 aromatic rings. The fourth-order valence-corrected chi connectivity index (χ4v) is 3.14. The largest absolute Gasteiger partial charge is 0.381 e. The Bertz CT molecular complexity index is 315. The highest BCUT2D eigenvalue weighted by molar-refractivity contribution is 7.10. The van der Waals surface area contributed by atoms with Crippen LogP contribution in [0.2, 0.25) is 0 Å². The molecule has 0 amide bonds. The molecule has 1 aliphatic rings. The molecule has 1 aromatic heterocycles. The van der Waals surface area contributed by atoms with E-state index in [2.05, 4.69) is 0 Å². The van der Waals surface area contributed by atoms with Crippen LogP contribution in [-0.4, -0.2) is 18.5 Å². The third-order valence-corrected chi connectivity index (χ3v) is 4.15. The monoisotopic (exact) mass is 230 g/mol. The molecule has 0 spiro atoms. The Hall–Kier alpha value is -0.380. The Morgan fingerprint density at radius 1 is 1.50 bits per heavy atom. The molecule has 1 aliphatic heterocycles. The molecule has 0 unspecified atom stereocenters. The molecule has 0 radical (unpaired) electrons. The van der Waals surface area contributed by atoms with E-state index in [-0.39, 0.29) is 5.24 Å². The van der Waals surface area contributed by atoms with Crippen LogP contribution in [0, 0.1) is 0 Å². The number of halogens is 1. The highest BCUT2D eigenvalue weighted by Gasteiger charge is 2.41. The minimum atomic E-state index is -0.478. The van der Waals surface area contributed by atoms with Crippen molar-refractivity contribution in [2.45, 2.75) is 18.3 Å². The topological polar surface area (TPSA) is 26.3 Å². The van der Waals surface area contributed by atoms with Crippen molar-refractivity contribution < 1.29 is 9.53 Å². The molecule has 2 nitrogen and oxygen atoms in total. The second kappa shape index (κ2) is 4.01. The van der Waals surface area contributed by atoms with Gasteiger partial charge >= 0.3 is 0 Å². The van der Waals surface area contributed by atoms with Gasteiger partial charge in [-0.2, -0.15) is 0 Å². The van der Waals surface area contributed by atoms with Gasteiger partial charge in [0.2, 0.25) is 5.24 Å². The molecule has 0 saturated carbocycles. The van der Waals surface area contributed by atoms with Gasteiger partial charge in [0, 0.05) is 18.1 Å². The summed E-state index contributed by atoms with van der Waals surface area (Å²) in [5.74, 6) is 0. The molecule has 2 rings (SSSR count). The number of ether oxygens (including phenoxy) is 1. The lowest BCUT2D eigenvalue weighted by molar-refractivity contribution is -0.120. The zero-order valence-corrected chi connectivity index (χ0v) is 9.24.